The molecule has 2 aromatic rings. The van der Waals surface area contributed by atoms with Crippen molar-refractivity contribution in [1.82, 2.24) is 4.57 Å². The Morgan fingerprint density at radius 2 is 1.83 bits per heavy atom. The first-order chi connectivity index (χ1) is 11.5. The summed E-state index contributed by atoms with van der Waals surface area (Å²) in [5.74, 6) is 1.83. The molecular formula is C19H23FN4. The molecule has 126 valence electrons. The number of hydrogen-bond donors (Lipinski definition) is 1. The van der Waals surface area contributed by atoms with E-state index in [4.69, 9.17) is 5.73 Å². The molecule has 24 heavy (non-hydrogen) atoms. The maximum absolute atomic E-state index is 13.1. The molecule has 1 saturated heterocycles. The lowest BCUT2D eigenvalue weighted by Crippen LogP contribution is -2.40. The number of nitriles is 1. The molecule has 2 atom stereocenters. The molecule has 1 aromatic carbocycles. The first-order valence-corrected chi connectivity index (χ1v) is 8.36. The highest BCUT2D eigenvalue weighted by atomic mass is 19.1. The fourth-order valence-corrected chi connectivity index (χ4v) is 3.77. The Morgan fingerprint density at radius 3 is 2.42 bits per heavy atom. The average molecular weight is 326 g/mol. The van der Waals surface area contributed by atoms with Crippen molar-refractivity contribution in [2.75, 3.05) is 23.7 Å². The number of anilines is 2. The third-order valence-electron chi connectivity index (χ3n) is 4.63. The van der Waals surface area contributed by atoms with Crippen molar-refractivity contribution < 1.29 is 4.39 Å². The van der Waals surface area contributed by atoms with Gasteiger partial charge < -0.3 is 15.2 Å². The third-order valence-corrected chi connectivity index (χ3v) is 4.63. The highest BCUT2D eigenvalue weighted by molar-refractivity contribution is 5.68. The van der Waals surface area contributed by atoms with Gasteiger partial charge in [0.2, 0.25) is 0 Å². The van der Waals surface area contributed by atoms with Crippen LogP contribution >= 0.6 is 0 Å². The standard InChI is InChI=1S/C19H23FN4/c1-13-7-14(2)11-23(10-13)19-18(22)8-17(9-21)24(19)12-15-3-5-16(20)6-4-15/h3-6,8,13-14H,7,10-12,22H2,1-2H3. The Kier molecular flexibility index (Phi) is 4.48. The van der Waals surface area contributed by atoms with Crippen LogP contribution in [0.4, 0.5) is 15.9 Å². The topological polar surface area (TPSA) is 58.0 Å². The predicted octanol–water partition coefficient (Wildman–Crippen LogP) is 3.61. The molecule has 0 aliphatic carbocycles. The molecule has 1 aliphatic rings. The molecule has 2 unspecified atom stereocenters. The lowest BCUT2D eigenvalue weighted by atomic mass is 9.92. The van der Waals surface area contributed by atoms with Gasteiger partial charge in [0.1, 0.15) is 23.4 Å². The zero-order valence-corrected chi connectivity index (χ0v) is 14.2. The number of halogens is 1. The van der Waals surface area contributed by atoms with Crippen molar-refractivity contribution in [1.29, 1.82) is 5.26 Å². The summed E-state index contributed by atoms with van der Waals surface area (Å²) in [5.41, 5.74) is 8.36. The quantitative estimate of drug-likeness (QED) is 0.937. The molecule has 1 aliphatic heterocycles. The van der Waals surface area contributed by atoms with E-state index in [-0.39, 0.29) is 5.82 Å². The molecule has 1 fully saturated rings. The van der Waals surface area contributed by atoms with Crippen LogP contribution < -0.4 is 10.6 Å². The van der Waals surface area contributed by atoms with Crippen LogP contribution in [0.15, 0.2) is 30.3 Å². The van der Waals surface area contributed by atoms with Gasteiger partial charge in [0.05, 0.1) is 12.2 Å². The van der Waals surface area contributed by atoms with Gasteiger partial charge in [-0.25, -0.2) is 4.39 Å². The van der Waals surface area contributed by atoms with Crippen molar-refractivity contribution in [2.45, 2.75) is 26.8 Å². The fraction of sp³-hybridized carbons (Fsp3) is 0.421. The Hall–Kier alpha value is -2.48. The van der Waals surface area contributed by atoms with Crippen LogP contribution in [0.3, 0.4) is 0 Å². The molecule has 0 spiro atoms. The molecular weight excluding hydrogens is 303 g/mol. The summed E-state index contributed by atoms with van der Waals surface area (Å²) in [6.07, 6.45) is 1.21. The maximum atomic E-state index is 13.1. The molecule has 0 saturated carbocycles. The van der Waals surface area contributed by atoms with Crippen molar-refractivity contribution in [3.05, 3.63) is 47.4 Å². The molecule has 0 amide bonds. The smallest absolute Gasteiger partial charge is 0.133 e. The van der Waals surface area contributed by atoms with Gasteiger partial charge in [0.15, 0.2) is 0 Å². The average Bonchev–Trinajstić information content (AvgIpc) is 2.84. The molecule has 4 nitrogen and oxygen atoms in total. The van der Waals surface area contributed by atoms with Gasteiger partial charge in [-0.05, 0) is 42.0 Å². The zero-order chi connectivity index (χ0) is 17.3. The van der Waals surface area contributed by atoms with Gasteiger partial charge in [0.25, 0.3) is 0 Å². The summed E-state index contributed by atoms with van der Waals surface area (Å²) >= 11 is 0. The van der Waals surface area contributed by atoms with Crippen LogP contribution in [0, 0.1) is 29.0 Å². The molecule has 2 N–H and O–H groups in total. The van der Waals surface area contributed by atoms with Gasteiger partial charge in [-0.3, -0.25) is 0 Å². The van der Waals surface area contributed by atoms with E-state index in [2.05, 4.69) is 24.8 Å². The number of rotatable bonds is 3. The van der Waals surface area contributed by atoms with Crippen LogP contribution in [0.1, 0.15) is 31.5 Å². The molecule has 1 aromatic heterocycles. The Bertz CT molecular complexity index is 747. The second-order valence-corrected chi connectivity index (χ2v) is 6.98. The van der Waals surface area contributed by atoms with E-state index in [1.54, 1.807) is 18.2 Å². The van der Waals surface area contributed by atoms with E-state index in [9.17, 15) is 9.65 Å². The minimum atomic E-state index is -0.259. The molecule has 5 heteroatoms. The largest absolute Gasteiger partial charge is 0.396 e. The first-order valence-electron chi connectivity index (χ1n) is 8.36. The molecule has 2 heterocycles. The van der Waals surface area contributed by atoms with Gasteiger partial charge in [-0.2, -0.15) is 5.26 Å². The maximum Gasteiger partial charge on any atom is 0.133 e. The van der Waals surface area contributed by atoms with E-state index < -0.39 is 0 Å². The van der Waals surface area contributed by atoms with Crippen LogP contribution in [-0.2, 0) is 6.54 Å². The predicted molar refractivity (Wildman–Crippen MR) is 94.2 cm³/mol. The van der Waals surface area contributed by atoms with E-state index in [0.29, 0.717) is 29.8 Å². The lowest BCUT2D eigenvalue weighted by Gasteiger charge is -2.37. The number of nitrogen functional groups attached to an aromatic ring is 1. The van der Waals surface area contributed by atoms with Gasteiger partial charge in [0, 0.05) is 13.1 Å². The van der Waals surface area contributed by atoms with Crippen LogP contribution in [-0.4, -0.2) is 17.7 Å². The molecule has 0 bridgehead atoms. The van der Waals surface area contributed by atoms with E-state index in [1.807, 2.05) is 4.57 Å². The highest BCUT2D eigenvalue weighted by Gasteiger charge is 2.27. The minimum Gasteiger partial charge on any atom is -0.396 e. The SMILES string of the molecule is CC1CC(C)CN(c2c(N)cc(C#N)n2Cc2ccc(F)cc2)C1. The molecule has 3 rings (SSSR count). The Labute approximate surface area is 142 Å². The van der Waals surface area contributed by atoms with Crippen LogP contribution in [0.2, 0.25) is 0 Å². The summed E-state index contributed by atoms with van der Waals surface area (Å²) in [5, 5.41) is 9.48. The Balaban J connectivity index is 1.98. The number of aromatic nitrogens is 1. The minimum absolute atomic E-state index is 0.259. The zero-order valence-electron chi connectivity index (χ0n) is 14.2. The first kappa shape index (κ1) is 16.4. The summed E-state index contributed by atoms with van der Waals surface area (Å²) in [7, 11) is 0. The number of piperidine rings is 1. The highest BCUT2D eigenvalue weighted by Crippen LogP contribution is 2.33. The Morgan fingerprint density at radius 1 is 1.21 bits per heavy atom. The second kappa shape index (κ2) is 6.56. The summed E-state index contributed by atoms with van der Waals surface area (Å²) in [6.45, 7) is 6.88. The fourth-order valence-electron chi connectivity index (χ4n) is 3.77. The van der Waals surface area contributed by atoms with E-state index in [1.165, 1.54) is 18.6 Å². The number of hydrogen-bond acceptors (Lipinski definition) is 3. The van der Waals surface area contributed by atoms with Crippen LogP contribution in [0.5, 0.6) is 0 Å². The summed E-state index contributed by atoms with van der Waals surface area (Å²) in [4.78, 5) is 2.29. The van der Waals surface area contributed by atoms with Crippen molar-refractivity contribution in [3.63, 3.8) is 0 Å². The lowest BCUT2D eigenvalue weighted by molar-refractivity contribution is 0.353. The third kappa shape index (κ3) is 3.23. The number of nitrogens with two attached hydrogens (primary N) is 1. The van der Waals surface area contributed by atoms with E-state index in [0.717, 1.165) is 24.5 Å². The second-order valence-electron chi connectivity index (χ2n) is 6.98. The number of benzene rings is 1. The van der Waals surface area contributed by atoms with Gasteiger partial charge in [-0.1, -0.05) is 26.0 Å². The van der Waals surface area contributed by atoms with Crippen LogP contribution in [0.25, 0.3) is 0 Å². The number of nitrogens with zero attached hydrogens (tertiary/aromatic N) is 3. The molecule has 0 radical (unpaired) electrons. The van der Waals surface area contributed by atoms with E-state index >= 15 is 0 Å². The van der Waals surface area contributed by atoms with Gasteiger partial charge >= 0.3 is 0 Å². The van der Waals surface area contributed by atoms with Crippen molar-refractivity contribution >= 4 is 11.5 Å². The normalized spacial score (nSPS) is 20.8. The van der Waals surface area contributed by atoms with Crippen molar-refractivity contribution in [2.24, 2.45) is 11.8 Å². The monoisotopic (exact) mass is 326 g/mol. The summed E-state index contributed by atoms with van der Waals surface area (Å²) < 4.78 is 15.1. The summed E-state index contributed by atoms with van der Waals surface area (Å²) in [6, 6.07) is 10.4. The van der Waals surface area contributed by atoms with Crippen molar-refractivity contribution in [3.8, 4) is 6.07 Å². The van der Waals surface area contributed by atoms with Gasteiger partial charge in [-0.15, -0.1) is 0 Å².